The van der Waals surface area contributed by atoms with Crippen LogP contribution in [0.2, 0.25) is 0 Å². The zero-order chi connectivity index (χ0) is 13.4. The highest BCUT2D eigenvalue weighted by molar-refractivity contribution is 7.71. The van der Waals surface area contributed by atoms with Gasteiger partial charge in [-0.25, -0.2) is 9.37 Å². The van der Waals surface area contributed by atoms with Crippen molar-refractivity contribution in [1.29, 1.82) is 0 Å². The van der Waals surface area contributed by atoms with Crippen LogP contribution in [0.4, 0.5) is 4.39 Å². The number of aryl methyl sites for hydroxylation is 2. The number of halogens is 1. The van der Waals surface area contributed by atoms with Gasteiger partial charge in [0.25, 0.3) is 0 Å². The highest BCUT2D eigenvalue weighted by atomic mass is 32.1. The van der Waals surface area contributed by atoms with Crippen LogP contribution in [0.5, 0.6) is 0 Å². The molecule has 19 heavy (non-hydrogen) atoms. The van der Waals surface area contributed by atoms with E-state index in [2.05, 4.69) is 9.97 Å². The molecule has 1 N–H and O–H groups in total. The van der Waals surface area contributed by atoms with Crippen LogP contribution < -0.4 is 0 Å². The molecule has 0 aliphatic heterocycles. The van der Waals surface area contributed by atoms with Gasteiger partial charge in [0.15, 0.2) is 0 Å². The fourth-order valence-electron chi connectivity index (χ4n) is 2.64. The largest absolute Gasteiger partial charge is 0.343 e. The van der Waals surface area contributed by atoms with E-state index in [0.29, 0.717) is 4.64 Å². The molecule has 0 spiro atoms. The molecule has 2 nitrogen and oxygen atoms in total. The van der Waals surface area contributed by atoms with E-state index in [1.165, 1.54) is 36.2 Å². The summed E-state index contributed by atoms with van der Waals surface area (Å²) in [7, 11) is 0. The standard InChI is InChI=1S/C15H15FN2S/c1-9-8-10(16)6-7-11(9)14-17-13-5-3-2-4-12(13)15(19)18-14/h6-8H,2-5H2,1H3,(H,17,18,19). The van der Waals surface area contributed by atoms with Crippen LogP contribution in [0.25, 0.3) is 11.4 Å². The molecule has 1 heterocycles. The van der Waals surface area contributed by atoms with Gasteiger partial charge in [0, 0.05) is 16.8 Å². The molecular formula is C15H15FN2S. The molecular weight excluding hydrogens is 259 g/mol. The Hall–Kier alpha value is -1.55. The molecule has 0 bridgehead atoms. The van der Waals surface area contributed by atoms with Gasteiger partial charge < -0.3 is 4.98 Å². The van der Waals surface area contributed by atoms with E-state index in [1.807, 2.05) is 6.92 Å². The summed E-state index contributed by atoms with van der Waals surface area (Å²) in [6.07, 6.45) is 4.40. The number of fused-ring (bicyclic) bond motifs is 1. The minimum Gasteiger partial charge on any atom is -0.343 e. The Labute approximate surface area is 116 Å². The fraction of sp³-hybridized carbons (Fsp3) is 0.333. The topological polar surface area (TPSA) is 28.7 Å². The van der Waals surface area contributed by atoms with Crippen molar-refractivity contribution in [3.8, 4) is 11.4 Å². The Kier molecular flexibility index (Phi) is 3.19. The normalized spacial score (nSPS) is 14.2. The van der Waals surface area contributed by atoms with Crippen molar-refractivity contribution in [3.05, 3.63) is 45.5 Å². The number of rotatable bonds is 1. The first kappa shape index (κ1) is 12.5. The van der Waals surface area contributed by atoms with Gasteiger partial charge in [0.2, 0.25) is 0 Å². The highest BCUT2D eigenvalue weighted by Crippen LogP contribution is 2.25. The number of nitrogens with zero attached hydrogens (tertiary/aromatic N) is 1. The van der Waals surface area contributed by atoms with Crippen molar-refractivity contribution < 1.29 is 4.39 Å². The zero-order valence-corrected chi connectivity index (χ0v) is 11.6. The van der Waals surface area contributed by atoms with Gasteiger partial charge in [-0.15, -0.1) is 0 Å². The number of benzene rings is 1. The number of aromatic amines is 1. The van der Waals surface area contributed by atoms with Crippen LogP contribution in [-0.2, 0) is 12.8 Å². The van der Waals surface area contributed by atoms with E-state index >= 15 is 0 Å². The second-order valence-electron chi connectivity index (χ2n) is 5.01. The molecule has 2 aromatic rings. The van der Waals surface area contributed by atoms with Gasteiger partial charge in [0.05, 0.1) is 0 Å². The van der Waals surface area contributed by atoms with Crippen LogP contribution in [0.3, 0.4) is 0 Å². The van der Waals surface area contributed by atoms with Gasteiger partial charge in [-0.1, -0.05) is 12.2 Å². The van der Waals surface area contributed by atoms with Crippen LogP contribution >= 0.6 is 12.2 Å². The Morgan fingerprint density at radius 1 is 1.26 bits per heavy atom. The molecule has 0 saturated heterocycles. The fourth-order valence-corrected chi connectivity index (χ4v) is 2.96. The summed E-state index contributed by atoms with van der Waals surface area (Å²) in [5, 5.41) is 0. The summed E-state index contributed by atoms with van der Waals surface area (Å²) >= 11 is 5.39. The smallest absolute Gasteiger partial charge is 0.139 e. The number of hydrogen-bond donors (Lipinski definition) is 1. The van der Waals surface area contributed by atoms with Crippen LogP contribution in [0.1, 0.15) is 29.7 Å². The van der Waals surface area contributed by atoms with E-state index in [9.17, 15) is 4.39 Å². The number of hydrogen-bond acceptors (Lipinski definition) is 2. The number of H-pyrrole nitrogens is 1. The quantitative estimate of drug-likeness (QED) is 0.792. The third-order valence-corrected chi connectivity index (χ3v) is 3.99. The van der Waals surface area contributed by atoms with Crippen molar-refractivity contribution >= 4 is 12.2 Å². The molecule has 0 atom stereocenters. The maximum absolute atomic E-state index is 13.2. The molecule has 0 radical (unpaired) electrons. The Morgan fingerprint density at radius 3 is 2.84 bits per heavy atom. The van der Waals surface area contributed by atoms with Crippen LogP contribution in [-0.4, -0.2) is 9.97 Å². The molecule has 0 saturated carbocycles. The van der Waals surface area contributed by atoms with E-state index < -0.39 is 0 Å². The number of nitrogens with one attached hydrogen (secondary N) is 1. The summed E-state index contributed by atoms with van der Waals surface area (Å²) in [6.45, 7) is 1.89. The monoisotopic (exact) mass is 274 g/mol. The molecule has 1 aliphatic carbocycles. The van der Waals surface area contributed by atoms with Crippen LogP contribution in [0, 0.1) is 17.4 Å². The predicted molar refractivity (Wildman–Crippen MR) is 76.2 cm³/mol. The molecule has 0 fully saturated rings. The molecule has 0 amide bonds. The predicted octanol–water partition coefficient (Wildman–Crippen LogP) is 4.13. The molecule has 98 valence electrons. The van der Waals surface area contributed by atoms with E-state index in [0.717, 1.165) is 29.8 Å². The van der Waals surface area contributed by atoms with Crippen molar-refractivity contribution in [3.63, 3.8) is 0 Å². The minimum atomic E-state index is -0.224. The second kappa shape index (κ2) is 4.85. The van der Waals surface area contributed by atoms with Crippen LogP contribution in [0.15, 0.2) is 18.2 Å². The molecule has 3 rings (SSSR count). The van der Waals surface area contributed by atoms with Gasteiger partial charge in [-0.3, -0.25) is 0 Å². The average molecular weight is 274 g/mol. The van der Waals surface area contributed by atoms with Crippen molar-refractivity contribution in [2.45, 2.75) is 32.6 Å². The zero-order valence-electron chi connectivity index (χ0n) is 10.8. The molecule has 1 aromatic carbocycles. The lowest BCUT2D eigenvalue weighted by Gasteiger charge is -2.17. The second-order valence-corrected chi connectivity index (χ2v) is 5.40. The van der Waals surface area contributed by atoms with Crippen molar-refractivity contribution in [1.82, 2.24) is 9.97 Å². The van der Waals surface area contributed by atoms with E-state index in [1.54, 1.807) is 6.07 Å². The van der Waals surface area contributed by atoms with Gasteiger partial charge >= 0.3 is 0 Å². The average Bonchev–Trinajstić information content (AvgIpc) is 2.38. The van der Waals surface area contributed by atoms with Crippen molar-refractivity contribution in [2.75, 3.05) is 0 Å². The first-order valence-corrected chi connectivity index (χ1v) is 6.94. The van der Waals surface area contributed by atoms with Crippen molar-refractivity contribution in [2.24, 2.45) is 0 Å². The lowest BCUT2D eigenvalue weighted by Crippen LogP contribution is -2.09. The lowest BCUT2D eigenvalue weighted by atomic mass is 9.97. The first-order valence-electron chi connectivity index (χ1n) is 6.54. The van der Waals surface area contributed by atoms with Gasteiger partial charge in [-0.2, -0.15) is 0 Å². The maximum Gasteiger partial charge on any atom is 0.139 e. The number of aromatic nitrogens is 2. The molecule has 4 heteroatoms. The van der Waals surface area contributed by atoms with Gasteiger partial charge in [-0.05, 0) is 56.4 Å². The summed E-state index contributed by atoms with van der Waals surface area (Å²) in [6, 6.07) is 4.74. The Bertz CT molecular complexity index is 691. The van der Waals surface area contributed by atoms with E-state index in [4.69, 9.17) is 12.2 Å². The lowest BCUT2D eigenvalue weighted by molar-refractivity contribution is 0.626. The molecule has 1 aromatic heterocycles. The first-order chi connectivity index (χ1) is 9.15. The molecule has 1 aliphatic rings. The van der Waals surface area contributed by atoms with Gasteiger partial charge in [0.1, 0.15) is 16.3 Å². The molecule has 0 unspecified atom stereocenters. The Balaban J connectivity index is 2.15. The maximum atomic E-state index is 13.2. The third-order valence-electron chi connectivity index (χ3n) is 3.65. The highest BCUT2D eigenvalue weighted by Gasteiger charge is 2.14. The minimum absolute atomic E-state index is 0.224. The van der Waals surface area contributed by atoms with E-state index in [-0.39, 0.29) is 5.82 Å². The SMILES string of the molecule is Cc1cc(F)ccc1-c1nc(=S)c2c([nH]1)CCCC2. The Morgan fingerprint density at radius 2 is 2.05 bits per heavy atom. The third kappa shape index (κ3) is 2.32. The summed E-state index contributed by atoms with van der Waals surface area (Å²) in [5.74, 6) is 0.529. The summed E-state index contributed by atoms with van der Waals surface area (Å²) in [5.41, 5.74) is 4.17. The summed E-state index contributed by atoms with van der Waals surface area (Å²) < 4.78 is 13.9. The summed E-state index contributed by atoms with van der Waals surface area (Å²) in [4.78, 5) is 7.87.